The van der Waals surface area contributed by atoms with Gasteiger partial charge >= 0.3 is 0 Å². The van der Waals surface area contributed by atoms with E-state index in [0.29, 0.717) is 18.4 Å². The van der Waals surface area contributed by atoms with Crippen LogP contribution in [-0.2, 0) is 38.4 Å². The van der Waals surface area contributed by atoms with Crippen LogP contribution >= 0.6 is 0 Å². The number of hydrogen-bond donors (Lipinski definition) is 4. The molecule has 2 aromatic carbocycles. The van der Waals surface area contributed by atoms with Crippen molar-refractivity contribution in [1.82, 2.24) is 0 Å². The number of aromatic hydroxyl groups is 2. The van der Waals surface area contributed by atoms with Gasteiger partial charge in [0.25, 0.3) is 0 Å². The van der Waals surface area contributed by atoms with Gasteiger partial charge < -0.3 is 21.1 Å². The second-order valence-corrected chi connectivity index (χ2v) is 10.0. The summed E-state index contributed by atoms with van der Waals surface area (Å²) in [5.74, 6) is -10.0. The Hall–Kier alpha value is -3.85. The Labute approximate surface area is 205 Å². The number of fused-ring (bicyclic) bond motifs is 3. The molecule has 2 aromatic rings. The highest BCUT2D eigenvalue weighted by Gasteiger charge is 2.66. The standard InChI is InChI=1S/C27H25NO8/c28-26(35)22-19(31)11-15-9-14-10-17-13(5-4-12-2-1-3-16(29)8-12)6-7-18(30)21(17)23(32)20(14)24(33)27(15,36)25(22)34/h1-3,6-8,14-15,20,22,29-30,36H,4-5,9-11H2,(H2,28,35)/t14-,15+,20?,22?,27+/m1/s1. The lowest BCUT2D eigenvalue weighted by Crippen LogP contribution is -2.68. The number of nitrogens with two attached hydrogens (primary N) is 1. The summed E-state index contributed by atoms with van der Waals surface area (Å²) in [6.45, 7) is 0. The number of Topliss-reactive ketones (excluding diaryl/α,β-unsaturated/α-hetero) is 4. The molecule has 5 N–H and O–H groups in total. The molecule has 5 atom stereocenters. The third-order valence-electron chi connectivity index (χ3n) is 7.98. The summed E-state index contributed by atoms with van der Waals surface area (Å²) in [4.78, 5) is 64.2. The molecule has 2 unspecified atom stereocenters. The van der Waals surface area contributed by atoms with Crippen molar-refractivity contribution in [3.05, 3.63) is 58.7 Å². The van der Waals surface area contributed by atoms with Crippen molar-refractivity contribution in [1.29, 1.82) is 0 Å². The molecule has 3 aliphatic rings. The van der Waals surface area contributed by atoms with Crippen LogP contribution in [0.3, 0.4) is 0 Å². The fourth-order valence-electron chi connectivity index (χ4n) is 6.26. The lowest BCUT2D eigenvalue weighted by Gasteiger charge is -2.48. The van der Waals surface area contributed by atoms with E-state index in [4.69, 9.17) is 5.73 Å². The Morgan fingerprint density at radius 3 is 2.44 bits per heavy atom. The van der Waals surface area contributed by atoms with Crippen molar-refractivity contribution in [3.8, 4) is 11.5 Å². The van der Waals surface area contributed by atoms with E-state index < -0.39 is 58.3 Å². The molecule has 0 aromatic heterocycles. The van der Waals surface area contributed by atoms with Gasteiger partial charge in [-0.25, -0.2) is 0 Å². The maximum absolute atomic E-state index is 13.6. The van der Waals surface area contributed by atoms with Crippen molar-refractivity contribution >= 4 is 29.0 Å². The topological polar surface area (TPSA) is 172 Å². The van der Waals surface area contributed by atoms with Crippen LogP contribution in [0.5, 0.6) is 11.5 Å². The number of rotatable bonds is 4. The number of hydrogen-bond acceptors (Lipinski definition) is 8. The van der Waals surface area contributed by atoms with Gasteiger partial charge in [0.2, 0.25) is 5.91 Å². The highest BCUT2D eigenvalue weighted by atomic mass is 16.3. The van der Waals surface area contributed by atoms with Gasteiger partial charge in [0.1, 0.15) is 11.5 Å². The fraction of sp³-hybridized carbons (Fsp3) is 0.370. The second-order valence-electron chi connectivity index (χ2n) is 10.0. The van der Waals surface area contributed by atoms with Gasteiger partial charge in [-0.3, -0.25) is 24.0 Å². The molecule has 2 saturated carbocycles. The first kappa shape index (κ1) is 23.9. The Morgan fingerprint density at radius 1 is 1.00 bits per heavy atom. The third-order valence-corrected chi connectivity index (χ3v) is 7.98. The smallest absolute Gasteiger partial charge is 0.235 e. The van der Waals surface area contributed by atoms with E-state index in [2.05, 4.69) is 0 Å². The van der Waals surface area contributed by atoms with Gasteiger partial charge in [0.05, 0.1) is 11.5 Å². The minimum atomic E-state index is -2.65. The number of ketones is 4. The minimum absolute atomic E-state index is 0.00848. The number of carbonyl (C=O) groups is 5. The van der Waals surface area contributed by atoms with Crippen LogP contribution in [0.25, 0.3) is 0 Å². The number of carbonyl (C=O) groups excluding carboxylic acids is 5. The van der Waals surface area contributed by atoms with Crippen molar-refractivity contribution in [2.75, 3.05) is 0 Å². The average Bonchev–Trinajstić information content (AvgIpc) is 2.80. The van der Waals surface area contributed by atoms with E-state index in [1.54, 1.807) is 24.3 Å². The van der Waals surface area contributed by atoms with Gasteiger partial charge in [0.15, 0.2) is 34.7 Å². The number of aliphatic hydroxyl groups is 1. The SMILES string of the molecule is NC(=O)C1C(=O)C[C@@H]2C[C@@H]3Cc4c(CCc5cccc(O)c5)ccc(O)c4C(=O)C3C(=O)[C@]2(O)C1=O. The number of amides is 1. The second kappa shape index (κ2) is 8.37. The van der Waals surface area contributed by atoms with Crippen molar-refractivity contribution in [3.63, 3.8) is 0 Å². The molecule has 0 saturated heterocycles. The molecule has 36 heavy (non-hydrogen) atoms. The normalized spacial score (nSPS) is 29.4. The molecular weight excluding hydrogens is 466 g/mol. The molecule has 0 radical (unpaired) electrons. The maximum Gasteiger partial charge on any atom is 0.235 e. The van der Waals surface area contributed by atoms with Crippen LogP contribution in [0, 0.1) is 23.7 Å². The summed E-state index contributed by atoms with van der Waals surface area (Å²) < 4.78 is 0. The van der Waals surface area contributed by atoms with Crippen molar-refractivity contribution in [2.45, 2.75) is 37.7 Å². The summed E-state index contributed by atoms with van der Waals surface area (Å²) >= 11 is 0. The molecule has 0 aliphatic heterocycles. The van der Waals surface area contributed by atoms with Crippen LogP contribution in [-0.4, -0.2) is 50.0 Å². The monoisotopic (exact) mass is 491 g/mol. The first-order valence-electron chi connectivity index (χ1n) is 11.8. The highest BCUT2D eigenvalue weighted by molar-refractivity contribution is 6.31. The van der Waals surface area contributed by atoms with E-state index in [-0.39, 0.29) is 36.3 Å². The van der Waals surface area contributed by atoms with Gasteiger partial charge in [-0.15, -0.1) is 0 Å². The first-order chi connectivity index (χ1) is 17.0. The lowest BCUT2D eigenvalue weighted by molar-refractivity contribution is -0.175. The van der Waals surface area contributed by atoms with Crippen LogP contribution in [0.2, 0.25) is 0 Å². The average molecular weight is 491 g/mol. The quantitative estimate of drug-likeness (QED) is 0.455. The van der Waals surface area contributed by atoms with E-state index >= 15 is 0 Å². The van der Waals surface area contributed by atoms with E-state index in [9.17, 15) is 39.3 Å². The predicted octanol–water partition coefficient (Wildman–Crippen LogP) is 0.818. The Balaban J connectivity index is 1.50. The number of primary amides is 1. The van der Waals surface area contributed by atoms with Crippen LogP contribution in [0.1, 0.15) is 39.9 Å². The van der Waals surface area contributed by atoms with Crippen molar-refractivity contribution < 1.29 is 39.3 Å². The number of phenols is 2. The Bertz CT molecular complexity index is 1350. The molecule has 9 heteroatoms. The van der Waals surface area contributed by atoms with Gasteiger partial charge in [-0.1, -0.05) is 18.2 Å². The van der Waals surface area contributed by atoms with E-state index in [1.165, 1.54) is 6.07 Å². The molecule has 2 fully saturated rings. The van der Waals surface area contributed by atoms with Gasteiger partial charge in [-0.2, -0.15) is 0 Å². The zero-order valence-corrected chi connectivity index (χ0v) is 19.3. The van der Waals surface area contributed by atoms with E-state index in [1.807, 2.05) is 6.07 Å². The summed E-state index contributed by atoms with van der Waals surface area (Å²) in [5.41, 5.74) is 4.83. The molecule has 9 nitrogen and oxygen atoms in total. The fourth-order valence-corrected chi connectivity index (χ4v) is 6.26. The summed E-state index contributed by atoms with van der Waals surface area (Å²) in [5, 5.41) is 31.5. The molecule has 5 rings (SSSR count). The zero-order valence-electron chi connectivity index (χ0n) is 19.3. The van der Waals surface area contributed by atoms with Gasteiger partial charge in [0, 0.05) is 12.3 Å². The maximum atomic E-state index is 13.6. The molecule has 0 spiro atoms. The number of phenolic OH excluding ortho intramolecular Hbond substituents is 2. The Kier molecular flexibility index (Phi) is 5.55. The van der Waals surface area contributed by atoms with Crippen LogP contribution in [0.4, 0.5) is 0 Å². The Morgan fingerprint density at radius 2 is 1.75 bits per heavy atom. The zero-order chi connectivity index (χ0) is 25.9. The number of benzene rings is 2. The summed E-state index contributed by atoms with van der Waals surface area (Å²) in [6, 6.07) is 9.91. The molecular formula is C27H25NO8. The minimum Gasteiger partial charge on any atom is -0.508 e. The predicted molar refractivity (Wildman–Crippen MR) is 124 cm³/mol. The van der Waals surface area contributed by atoms with E-state index in [0.717, 1.165) is 11.1 Å². The van der Waals surface area contributed by atoms with Crippen LogP contribution in [0.15, 0.2) is 36.4 Å². The molecule has 186 valence electrons. The lowest BCUT2D eigenvalue weighted by atomic mass is 9.53. The molecule has 1 amide bonds. The van der Waals surface area contributed by atoms with Gasteiger partial charge in [-0.05, 0) is 66.5 Å². The summed E-state index contributed by atoms with van der Waals surface area (Å²) in [7, 11) is 0. The molecule has 0 heterocycles. The van der Waals surface area contributed by atoms with Crippen LogP contribution < -0.4 is 5.73 Å². The van der Waals surface area contributed by atoms with Crippen molar-refractivity contribution in [2.24, 2.45) is 29.4 Å². The summed E-state index contributed by atoms with van der Waals surface area (Å²) in [6.07, 6.45) is 1.01. The molecule has 3 aliphatic carbocycles. The number of aryl methyl sites for hydroxylation is 2. The third kappa shape index (κ3) is 3.45. The highest BCUT2D eigenvalue weighted by Crippen LogP contribution is 2.50. The first-order valence-corrected chi connectivity index (χ1v) is 11.8. The largest absolute Gasteiger partial charge is 0.508 e. The molecule has 0 bridgehead atoms.